The van der Waals surface area contributed by atoms with E-state index in [0.717, 1.165) is 24.2 Å². The topological polar surface area (TPSA) is 37.8 Å². The van der Waals surface area contributed by atoms with Crippen LogP contribution in [0, 0.1) is 5.82 Å². The van der Waals surface area contributed by atoms with Crippen molar-refractivity contribution in [2.24, 2.45) is 0 Å². The van der Waals surface area contributed by atoms with Crippen molar-refractivity contribution in [1.82, 2.24) is 15.3 Å². The van der Waals surface area contributed by atoms with Crippen LogP contribution in [-0.2, 0) is 6.42 Å². The molecular weight excluding hydrogens is 229 g/mol. The highest BCUT2D eigenvalue weighted by molar-refractivity contribution is 5.14. The van der Waals surface area contributed by atoms with Crippen LogP contribution in [0.4, 0.5) is 4.39 Å². The van der Waals surface area contributed by atoms with Gasteiger partial charge in [-0.25, -0.2) is 4.39 Å². The first-order chi connectivity index (χ1) is 8.75. The van der Waals surface area contributed by atoms with Crippen LogP contribution in [0.1, 0.15) is 24.2 Å². The zero-order chi connectivity index (χ0) is 12.8. The predicted octanol–water partition coefficient (Wildman–Crippen LogP) is 2.51. The fourth-order valence-electron chi connectivity index (χ4n) is 1.75. The zero-order valence-electron chi connectivity index (χ0n) is 10.3. The molecule has 0 saturated carbocycles. The van der Waals surface area contributed by atoms with Crippen molar-refractivity contribution in [2.45, 2.75) is 19.4 Å². The average Bonchev–Trinajstić information content (AvgIpc) is 2.40. The Morgan fingerprint density at radius 3 is 2.94 bits per heavy atom. The Labute approximate surface area is 106 Å². The van der Waals surface area contributed by atoms with Gasteiger partial charge in [-0.1, -0.05) is 6.07 Å². The Morgan fingerprint density at radius 1 is 1.33 bits per heavy atom. The maximum absolute atomic E-state index is 13.0. The van der Waals surface area contributed by atoms with E-state index in [-0.39, 0.29) is 11.9 Å². The molecule has 2 rings (SSSR count). The molecule has 0 aromatic carbocycles. The summed E-state index contributed by atoms with van der Waals surface area (Å²) in [5, 5.41) is 3.33. The largest absolute Gasteiger partial charge is 0.310 e. The van der Waals surface area contributed by atoms with Gasteiger partial charge >= 0.3 is 0 Å². The van der Waals surface area contributed by atoms with E-state index in [4.69, 9.17) is 0 Å². The monoisotopic (exact) mass is 245 g/mol. The number of halogens is 1. The van der Waals surface area contributed by atoms with Gasteiger partial charge in [0, 0.05) is 37.1 Å². The molecule has 0 radical (unpaired) electrons. The van der Waals surface area contributed by atoms with Gasteiger partial charge in [0.05, 0.1) is 6.20 Å². The zero-order valence-corrected chi connectivity index (χ0v) is 10.3. The van der Waals surface area contributed by atoms with Crippen LogP contribution < -0.4 is 5.32 Å². The molecule has 0 aliphatic rings. The van der Waals surface area contributed by atoms with Crippen LogP contribution in [0.25, 0.3) is 0 Å². The third-order valence-electron chi connectivity index (χ3n) is 2.78. The lowest BCUT2D eigenvalue weighted by molar-refractivity contribution is 0.561. The second-order valence-corrected chi connectivity index (χ2v) is 4.18. The van der Waals surface area contributed by atoms with Crippen LogP contribution in [0.2, 0.25) is 0 Å². The highest BCUT2D eigenvalue weighted by Crippen LogP contribution is 2.11. The third kappa shape index (κ3) is 3.60. The molecule has 1 N–H and O–H groups in total. The van der Waals surface area contributed by atoms with Crippen molar-refractivity contribution in [3.63, 3.8) is 0 Å². The Kier molecular flexibility index (Phi) is 4.36. The molecule has 2 heterocycles. The summed E-state index contributed by atoms with van der Waals surface area (Å²) in [6.45, 7) is 2.80. The number of hydrogen-bond donors (Lipinski definition) is 1. The number of aromatic nitrogens is 2. The minimum Gasteiger partial charge on any atom is -0.310 e. The van der Waals surface area contributed by atoms with E-state index in [1.807, 2.05) is 25.1 Å². The quantitative estimate of drug-likeness (QED) is 0.879. The van der Waals surface area contributed by atoms with Crippen LogP contribution in [0.5, 0.6) is 0 Å². The molecule has 0 saturated heterocycles. The van der Waals surface area contributed by atoms with Gasteiger partial charge in [-0.3, -0.25) is 9.97 Å². The molecule has 2 aromatic rings. The fourth-order valence-corrected chi connectivity index (χ4v) is 1.75. The Balaban J connectivity index is 1.83. The Bertz CT molecular complexity index is 487. The normalized spacial score (nSPS) is 12.3. The van der Waals surface area contributed by atoms with Crippen molar-refractivity contribution < 1.29 is 4.39 Å². The van der Waals surface area contributed by atoms with E-state index in [9.17, 15) is 4.39 Å². The Hall–Kier alpha value is -1.81. The molecule has 0 aliphatic heterocycles. The molecule has 2 aromatic heterocycles. The standard InChI is InChI=1S/C14H16FN3/c1-11(12-8-13(15)10-16-9-12)17-7-5-14-4-2-3-6-18-14/h2-4,6,8-11,17H,5,7H2,1H3. The maximum atomic E-state index is 13.0. The maximum Gasteiger partial charge on any atom is 0.141 e. The summed E-state index contributed by atoms with van der Waals surface area (Å²) in [6, 6.07) is 7.46. The van der Waals surface area contributed by atoms with E-state index >= 15 is 0 Å². The smallest absolute Gasteiger partial charge is 0.141 e. The summed E-state index contributed by atoms with van der Waals surface area (Å²) in [6.07, 6.45) is 5.54. The summed E-state index contributed by atoms with van der Waals surface area (Å²) < 4.78 is 13.0. The predicted molar refractivity (Wildman–Crippen MR) is 68.6 cm³/mol. The SMILES string of the molecule is CC(NCCc1ccccn1)c1cncc(F)c1. The average molecular weight is 245 g/mol. The van der Waals surface area contributed by atoms with E-state index < -0.39 is 0 Å². The minimum absolute atomic E-state index is 0.0805. The van der Waals surface area contributed by atoms with Crippen molar-refractivity contribution in [3.05, 3.63) is 59.9 Å². The second kappa shape index (κ2) is 6.21. The first kappa shape index (κ1) is 12.6. The first-order valence-corrected chi connectivity index (χ1v) is 5.99. The van der Waals surface area contributed by atoms with E-state index in [2.05, 4.69) is 15.3 Å². The molecule has 3 nitrogen and oxygen atoms in total. The molecule has 0 fully saturated rings. The Morgan fingerprint density at radius 2 is 2.22 bits per heavy atom. The summed E-state index contributed by atoms with van der Waals surface area (Å²) in [4.78, 5) is 8.09. The van der Waals surface area contributed by atoms with Crippen molar-refractivity contribution >= 4 is 0 Å². The molecule has 0 bridgehead atoms. The number of nitrogens with zero attached hydrogens (tertiary/aromatic N) is 2. The van der Waals surface area contributed by atoms with Gasteiger partial charge in [0.1, 0.15) is 5.82 Å². The number of rotatable bonds is 5. The van der Waals surface area contributed by atoms with E-state index in [0.29, 0.717) is 0 Å². The molecule has 4 heteroatoms. The highest BCUT2D eigenvalue weighted by atomic mass is 19.1. The summed E-state index contributed by atoms with van der Waals surface area (Å²) >= 11 is 0. The van der Waals surface area contributed by atoms with Crippen LogP contribution in [0.15, 0.2) is 42.9 Å². The van der Waals surface area contributed by atoms with Crippen molar-refractivity contribution in [1.29, 1.82) is 0 Å². The van der Waals surface area contributed by atoms with Crippen LogP contribution in [0.3, 0.4) is 0 Å². The summed E-state index contributed by atoms with van der Waals surface area (Å²) in [7, 11) is 0. The minimum atomic E-state index is -0.300. The molecule has 94 valence electrons. The summed E-state index contributed by atoms with van der Waals surface area (Å²) in [5.41, 5.74) is 1.91. The van der Waals surface area contributed by atoms with Gasteiger partial charge in [0.2, 0.25) is 0 Å². The van der Waals surface area contributed by atoms with Crippen LogP contribution >= 0.6 is 0 Å². The number of hydrogen-bond acceptors (Lipinski definition) is 3. The lowest BCUT2D eigenvalue weighted by Crippen LogP contribution is -2.21. The number of pyridine rings is 2. The molecular formula is C14H16FN3. The van der Waals surface area contributed by atoms with E-state index in [1.165, 1.54) is 12.3 Å². The fraction of sp³-hybridized carbons (Fsp3) is 0.286. The van der Waals surface area contributed by atoms with Crippen molar-refractivity contribution in [3.8, 4) is 0 Å². The number of nitrogens with one attached hydrogen (secondary N) is 1. The van der Waals surface area contributed by atoms with E-state index in [1.54, 1.807) is 12.4 Å². The lowest BCUT2D eigenvalue weighted by Gasteiger charge is -2.13. The van der Waals surface area contributed by atoms with Gasteiger partial charge < -0.3 is 5.32 Å². The highest BCUT2D eigenvalue weighted by Gasteiger charge is 2.06. The van der Waals surface area contributed by atoms with Gasteiger partial charge in [0.25, 0.3) is 0 Å². The van der Waals surface area contributed by atoms with Gasteiger partial charge in [0.15, 0.2) is 0 Å². The van der Waals surface area contributed by atoms with Crippen LogP contribution in [-0.4, -0.2) is 16.5 Å². The first-order valence-electron chi connectivity index (χ1n) is 5.99. The molecule has 0 amide bonds. The van der Waals surface area contributed by atoms with Gasteiger partial charge in [-0.15, -0.1) is 0 Å². The third-order valence-corrected chi connectivity index (χ3v) is 2.78. The molecule has 18 heavy (non-hydrogen) atoms. The van der Waals surface area contributed by atoms with Gasteiger partial charge in [-0.05, 0) is 30.7 Å². The van der Waals surface area contributed by atoms with Gasteiger partial charge in [-0.2, -0.15) is 0 Å². The molecule has 1 atom stereocenters. The molecule has 0 spiro atoms. The lowest BCUT2D eigenvalue weighted by atomic mass is 10.1. The summed E-state index contributed by atoms with van der Waals surface area (Å²) in [5.74, 6) is -0.300. The second-order valence-electron chi connectivity index (χ2n) is 4.18. The molecule has 1 unspecified atom stereocenters. The van der Waals surface area contributed by atoms with Crippen molar-refractivity contribution in [2.75, 3.05) is 6.54 Å². The molecule has 0 aliphatic carbocycles.